The number of ether oxygens (including phenoxy) is 2. The number of rotatable bonds is 8. The summed E-state index contributed by atoms with van der Waals surface area (Å²) in [6, 6.07) is 15.7. The Morgan fingerprint density at radius 2 is 1.67 bits per heavy atom. The van der Waals surface area contributed by atoms with E-state index in [1.807, 2.05) is 18.2 Å². The Labute approximate surface area is 224 Å². The number of hydrogen-bond acceptors (Lipinski definition) is 8. The highest BCUT2D eigenvalue weighted by atomic mass is 16.6. The molecule has 12 nitrogen and oxygen atoms in total. The molecule has 0 saturated heterocycles. The van der Waals surface area contributed by atoms with Gasteiger partial charge in [0.15, 0.2) is 0 Å². The average Bonchev–Trinajstić information content (AvgIpc) is 2.88. The lowest BCUT2D eigenvalue weighted by molar-refractivity contribution is -0.121. The van der Waals surface area contributed by atoms with Crippen molar-refractivity contribution in [3.63, 3.8) is 0 Å². The van der Waals surface area contributed by atoms with Crippen LogP contribution >= 0.6 is 0 Å². The van der Waals surface area contributed by atoms with Crippen LogP contribution in [-0.2, 0) is 34.0 Å². The van der Waals surface area contributed by atoms with Gasteiger partial charge in [0.1, 0.15) is 30.3 Å². The summed E-state index contributed by atoms with van der Waals surface area (Å²) in [6.45, 7) is 5.06. The molecule has 0 saturated carbocycles. The van der Waals surface area contributed by atoms with Crippen LogP contribution in [0, 0.1) is 5.41 Å². The first kappa shape index (κ1) is 28.6. The smallest absolute Gasteiger partial charge is 0.413 e. The van der Waals surface area contributed by atoms with Gasteiger partial charge in [-0.05, 0) is 31.9 Å². The van der Waals surface area contributed by atoms with Gasteiger partial charge in [-0.25, -0.2) is 14.6 Å². The number of hydrogen-bond donors (Lipinski definition) is 4. The van der Waals surface area contributed by atoms with Crippen molar-refractivity contribution in [2.45, 2.75) is 46.1 Å². The largest absolute Gasteiger partial charge is 0.444 e. The van der Waals surface area contributed by atoms with Gasteiger partial charge in [-0.3, -0.25) is 30.2 Å². The molecule has 2 aromatic carbocycles. The van der Waals surface area contributed by atoms with E-state index in [0.717, 1.165) is 15.7 Å². The predicted octanol–water partition coefficient (Wildman–Crippen LogP) is 3.16. The van der Waals surface area contributed by atoms with Crippen molar-refractivity contribution < 1.29 is 23.9 Å². The average molecular weight is 535 g/mol. The third kappa shape index (κ3) is 9.43. The summed E-state index contributed by atoms with van der Waals surface area (Å²) in [6.07, 6.45) is 0.826. The monoisotopic (exact) mass is 534 g/mol. The second-order valence-electron chi connectivity index (χ2n) is 9.40. The molecule has 0 radical (unpaired) electrons. The van der Waals surface area contributed by atoms with Crippen LogP contribution in [0.1, 0.15) is 37.5 Å². The molecule has 204 valence electrons. The van der Waals surface area contributed by atoms with Crippen LogP contribution in [-0.4, -0.2) is 39.1 Å². The number of anilines is 1. The van der Waals surface area contributed by atoms with Crippen LogP contribution in [0.2, 0.25) is 0 Å². The lowest BCUT2D eigenvalue weighted by Gasteiger charge is -2.19. The van der Waals surface area contributed by atoms with Gasteiger partial charge in [0.25, 0.3) is 5.56 Å². The van der Waals surface area contributed by atoms with E-state index in [9.17, 15) is 19.2 Å². The molecule has 0 spiro atoms. The number of benzene rings is 2. The summed E-state index contributed by atoms with van der Waals surface area (Å²) in [5.74, 6) is -0.574. The molecule has 1 heterocycles. The Morgan fingerprint density at radius 1 is 0.974 bits per heavy atom. The number of alkyl carbamates (subject to hydrolysis) is 1. The van der Waals surface area contributed by atoms with E-state index in [1.54, 1.807) is 57.2 Å². The van der Waals surface area contributed by atoms with Crippen molar-refractivity contribution in [2.24, 2.45) is 0 Å². The first-order valence-corrected chi connectivity index (χ1v) is 12.0. The summed E-state index contributed by atoms with van der Waals surface area (Å²) in [5, 5.41) is 15.4. The zero-order chi connectivity index (χ0) is 28.4. The second kappa shape index (κ2) is 13.0. The topological polar surface area (TPSA) is 164 Å². The number of amides is 3. The molecular weight excluding hydrogens is 504 g/mol. The van der Waals surface area contributed by atoms with Crippen molar-refractivity contribution in [3.05, 3.63) is 94.2 Å². The number of carbonyl (C=O) groups is 3. The van der Waals surface area contributed by atoms with Crippen molar-refractivity contribution in [1.82, 2.24) is 20.2 Å². The Kier molecular flexibility index (Phi) is 9.52. The van der Waals surface area contributed by atoms with Crippen LogP contribution in [0.4, 0.5) is 15.3 Å². The summed E-state index contributed by atoms with van der Waals surface area (Å²) in [7, 11) is 0. The van der Waals surface area contributed by atoms with E-state index in [-0.39, 0.29) is 31.2 Å². The van der Waals surface area contributed by atoms with Gasteiger partial charge in [0.2, 0.25) is 5.91 Å². The first-order valence-electron chi connectivity index (χ1n) is 12.0. The lowest BCUT2D eigenvalue weighted by atomic mass is 10.1. The molecule has 3 rings (SSSR count). The van der Waals surface area contributed by atoms with Gasteiger partial charge in [-0.2, -0.15) is 0 Å². The quantitative estimate of drug-likeness (QED) is 0.255. The standard InChI is InChI=1S/C27H30N6O6/c1-27(2,3)39-26(37)32-23(28)20-11-9-18(10-12-20)13-30-22(34)15-33-17-29-14-21(24(33)35)31-25(36)38-16-19-7-5-4-6-8-19/h4-12,14,17H,13,15-16H2,1-3H3,(H,30,34)(H,31,36)(H2,28,32,37). The van der Waals surface area contributed by atoms with E-state index >= 15 is 0 Å². The molecular formula is C27H30N6O6. The minimum Gasteiger partial charge on any atom is -0.444 e. The minimum atomic E-state index is -0.822. The van der Waals surface area contributed by atoms with Gasteiger partial charge in [-0.15, -0.1) is 0 Å². The number of amidine groups is 1. The van der Waals surface area contributed by atoms with Crippen LogP contribution in [0.25, 0.3) is 0 Å². The molecule has 1 aromatic heterocycles. The Balaban J connectivity index is 1.49. The molecule has 0 unspecified atom stereocenters. The summed E-state index contributed by atoms with van der Waals surface area (Å²) in [5.41, 5.74) is 0.566. The summed E-state index contributed by atoms with van der Waals surface area (Å²) in [4.78, 5) is 52.9. The third-order valence-corrected chi connectivity index (χ3v) is 5.02. The highest BCUT2D eigenvalue weighted by Gasteiger charge is 2.17. The molecule has 0 bridgehead atoms. The van der Waals surface area contributed by atoms with Gasteiger partial charge in [0, 0.05) is 12.1 Å². The first-order chi connectivity index (χ1) is 18.5. The van der Waals surface area contributed by atoms with Gasteiger partial charge < -0.3 is 14.8 Å². The fraction of sp³-hybridized carbons (Fsp3) is 0.259. The van der Waals surface area contributed by atoms with Crippen LogP contribution < -0.4 is 21.5 Å². The molecule has 0 atom stereocenters. The SMILES string of the molecule is CC(C)(C)OC(=O)NC(=N)c1ccc(CNC(=O)Cn2cncc(NC(=O)OCc3ccccc3)c2=O)cc1. The fourth-order valence-electron chi connectivity index (χ4n) is 3.20. The molecule has 4 N–H and O–H groups in total. The van der Waals surface area contributed by atoms with E-state index in [2.05, 4.69) is 20.9 Å². The maximum Gasteiger partial charge on any atom is 0.413 e. The molecule has 0 fully saturated rings. The van der Waals surface area contributed by atoms with Crippen LogP contribution in [0.3, 0.4) is 0 Å². The van der Waals surface area contributed by atoms with E-state index in [0.29, 0.717) is 5.56 Å². The molecule has 39 heavy (non-hydrogen) atoms. The molecule has 12 heteroatoms. The zero-order valence-corrected chi connectivity index (χ0v) is 21.8. The van der Waals surface area contributed by atoms with Gasteiger partial charge in [0.05, 0.1) is 12.5 Å². The Hall–Kier alpha value is -5.00. The normalized spacial score (nSPS) is 10.7. The Morgan fingerprint density at radius 3 is 2.33 bits per heavy atom. The number of nitrogens with one attached hydrogen (secondary N) is 4. The van der Waals surface area contributed by atoms with E-state index in [4.69, 9.17) is 14.9 Å². The molecule has 0 aliphatic carbocycles. The van der Waals surface area contributed by atoms with Gasteiger partial charge in [-0.1, -0.05) is 54.6 Å². The van der Waals surface area contributed by atoms with E-state index < -0.39 is 29.3 Å². The second-order valence-corrected chi connectivity index (χ2v) is 9.40. The molecule has 3 aromatic rings. The number of carbonyl (C=O) groups excluding carboxylic acids is 3. The fourth-order valence-corrected chi connectivity index (χ4v) is 3.20. The van der Waals surface area contributed by atoms with Crippen LogP contribution in [0.15, 0.2) is 71.9 Å². The van der Waals surface area contributed by atoms with Crippen molar-refractivity contribution in [1.29, 1.82) is 5.41 Å². The van der Waals surface area contributed by atoms with Crippen LogP contribution in [0.5, 0.6) is 0 Å². The molecule has 0 aliphatic rings. The maximum atomic E-state index is 12.7. The third-order valence-electron chi connectivity index (χ3n) is 5.02. The van der Waals surface area contributed by atoms with E-state index in [1.165, 1.54) is 12.5 Å². The highest BCUT2D eigenvalue weighted by molar-refractivity contribution is 6.04. The highest BCUT2D eigenvalue weighted by Crippen LogP contribution is 2.08. The number of aromatic nitrogens is 2. The summed E-state index contributed by atoms with van der Waals surface area (Å²) < 4.78 is 11.3. The summed E-state index contributed by atoms with van der Waals surface area (Å²) >= 11 is 0. The lowest BCUT2D eigenvalue weighted by Crippen LogP contribution is -2.36. The maximum absolute atomic E-state index is 12.7. The van der Waals surface area contributed by atoms with Crippen molar-refractivity contribution in [2.75, 3.05) is 5.32 Å². The number of nitrogens with zero attached hydrogens (tertiary/aromatic N) is 2. The zero-order valence-electron chi connectivity index (χ0n) is 21.8. The van der Waals surface area contributed by atoms with Crippen molar-refractivity contribution in [3.8, 4) is 0 Å². The Bertz CT molecular complexity index is 1380. The molecule has 0 aliphatic heterocycles. The predicted molar refractivity (Wildman–Crippen MR) is 143 cm³/mol. The minimum absolute atomic E-state index is 0.0336. The van der Waals surface area contributed by atoms with Gasteiger partial charge >= 0.3 is 12.2 Å². The van der Waals surface area contributed by atoms with Crippen molar-refractivity contribution >= 4 is 29.6 Å². The molecule has 3 amide bonds.